The molecule has 2 amide bonds. The summed E-state index contributed by atoms with van der Waals surface area (Å²) >= 11 is 0. The molecule has 0 radical (unpaired) electrons. The maximum absolute atomic E-state index is 11.2. The second kappa shape index (κ2) is 10.9. The molecule has 9 heteroatoms. The molecule has 0 aliphatic heterocycles. The molecule has 0 fully saturated rings. The number of carbonyl (C=O) groups excluding carboxylic acids is 2. The van der Waals surface area contributed by atoms with Crippen molar-refractivity contribution >= 4 is 11.8 Å². The Morgan fingerprint density at radius 3 is 2.38 bits per heavy atom. The second-order valence-electron chi connectivity index (χ2n) is 6.35. The number of hydrogen-bond acceptors (Lipinski definition) is 7. The number of aliphatic hydroxyl groups is 1. The highest BCUT2D eigenvalue weighted by molar-refractivity contribution is 5.95. The molecule has 0 saturated carbocycles. The minimum Gasteiger partial charge on any atom is -0.507 e. The molecule has 9 nitrogen and oxygen atoms in total. The maximum Gasteiger partial charge on any atom is 0.252 e. The highest BCUT2D eigenvalue weighted by atomic mass is 16.5. The van der Waals surface area contributed by atoms with Crippen LogP contribution in [0.4, 0.5) is 0 Å². The van der Waals surface area contributed by atoms with E-state index in [4.69, 9.17) is 20.9 Å². The zero-order valence-electron chi connectivity index (χ0n) is 15.8. The van der Waals surface area contributed by atoms with Crippen LogP contribution < -0.4 is 26.3 Å². The normalized spacial score (nSPS) is 11.6. The first-order valence-electron chi connectivity index (χ1n) is 8.99. The number of ether oxygens (including phenoxy) is 2. The zero-order valence-corrected chi connectivity index (χ0v) is 15.8. The smallest absolute Gasteiger partial charge is 0.252 e. The van der Waals surface area contributed by atoms with E-state index in [-0.39, 0.29) is 30.9 Å². The minimum absolute atomic E-state index is 0.00862. The number of benzene rings is 2. The van der Waals surface area contributed by atoms with Gasteiger partial charge in [-0.1, -0.05) is 12.1 Å². The van der Waals surface area contributed by atoms with Gasteiger partial charge >= 0.3 is 0 Å². The number of aromatic hydroxyl groups is 1. The SMILES string of the molecule is NC(=O)Cc1ccc(OCC(O)CNCCOc2ccc(O)c(C(N)=O)c2)cc1. The molecule has 2 rings (SSSR count). The molecule has 2 aromatic carbocycles. The summed E-state index contributed by atoms with van der Waals surface area (Å²) in [6, 6.07) is 11.1. The molecule has 0 heterocycles. The molecule has 7 N–H and O–H groups in total. The van der Waals surface area contributed by atoms with Gasteiger partial charge in [-0.05, 0) is 35.9 Å². The van der Waals surface area contributed by atoms with E-state index in [9.17, 15) is 19.8 Å². The van der Waals surface area contributed by atoms with Crippen molar-refractivity contribution in [1.82, 2.24) is 5.32 Å². The lowest BCUT2D eigenvalue weighted by atomic mass is 10.1. The van der Waals surface area contributed by atoms with E-state index in [0.29, 0.717) is 24.6 Å². The van der Waals surface area contributed by atoms with Gasteiger partial charge in [-0.3, -0.25) is 9.59 Å². The average molecular weight is 403 g/mol. The fourth-order valence-corrected chi connectivity index (χ4v) is 2.47. The Hall–Kier alpha value is -3.30. The number of nitrogens with one attached hydrogen (secondary N) is 1. The maximum atomic E-state index is 11.2. The van der Waals surface area contributed by atoms with E-state index < -0.39 is 17.9 Å². The van der Waals surface area contributed by atoms with Crippen LogP contribution in [0.1, 0.15) is 15.9 Å². The van der Waals surface area contributed by atoms with Gasteiger partial charge in [-0.25, -0.2) is 0 Å². The van der Waals surface area contributed by atoms with Crippen LogP contribution in [0.15, 0.2) is 42.5 Å². The van der Waals surface area contributed by atoms with Gasteiger partial charge < -0.3 is 36.5 Å². The zero-order chi connectivity index (χ0) is 21.2. The molecule has 1 atom stereocenters. The average Bonchev–Trinajstić information content (AvgIpc) is 2.67. The highest BCUT2D eigenvalue weighted by Crippen LogP contribution is 2.22. The van der Waals surface area contributed by atoms with Crippen molar-refractivity contribution in [2.75, 3.05) is 26.3 Å². The Bertz CT molecular complexity index is 825. The van der Waals surface area contributed by atoms with Crippen LogP contribution >= 0.6 is 0 Å². The van der Waals surface area contributed by atoms with Crippen LogP contribution in [-0.4, -0.2) is 54.4 Å². The molecule has 156 valence electrons. The number of primary amides is 2. The minimum atomic E-state index is -0.739. The highest BCUT2D eigenvalue weighted by Gasteiger charge is 2.09. The van der Waals surface area contributed by atoms with E-state index in [1.165, 1.54) is 18.2 Å². The van der Waals surface area contributed by atoms with Crippen LogP contribution in [-0.2, 0) is 11.2 Å². The molecule has 0 bridgehead atoms. The first-order chi connectivity index (χ1) is 13.8. The summed E-state index contributed by atoms with van der Waals surface area (Å²) in [7, 11) is 0. The summed E-state index contributed by atoms with van der Waals surface area (Å²) in [6.07, 6.45) is -0.557. The van der Waals surface area contributed by atoms with Crippen LogP contribution in [0.3, 0.4) is 0 Å². The van der Waals surface area contributed by atoms with Gasteiger partial charge in [0.2, 0.25) is 5.91 Å². The first kappa shape index (κ1) is 22.0. The molecule has 1 unspecified atom stereocenters. The van der Waals surface area contributed by atoms with E-state index in [2.05, 4.69) is 5.32 Å². The number of hydrogen-bond donors (Lipinski definition) is 5. The monoisotopic (exact) mass is 403 g/mol. The third-order valence-corrected chi connectivity index (χ3v) is 3.91. The lowest BCUT2D eigenvalue weighted by molar-refractivity contribution is -0.117. The Morgan fingerprint density at radius 1 is 1.03 bits per heavy atom. The number of amides is 2. The molecule has 2 aromatic rings. The molecule has 0 aromatic heterocycles. The van der Waals surface area contributed by atoms with Gasteiger partial charge in [0.15, 0.2) is 0 Å². The summed E-state index contributed by atoms with van der Waals surface area (Å²) in [4.78, 5) is 22.0. The number of rotatable bonds is 12. The molecule has 0 aliphatic rings. The van der Waals surface area contributed by atoms with Gasteiger partial charge in [0, 0.05) is 13.1 Å². The summed E-state index contributed by atoms with van der Waals surface area (Å²) in [6.45, 7) is 1.14. The van der Waals surface area contributed by atoms with Crippen molar-refractivity contribution in [1.29, 1.82) is 0 Å². The van der Waals surface area contributed by atoms with Gasteiger partial charge in [0.25, 0.3) is 5.91 Å². The van der Waals surface area contributed by atoms with Crippen molar-refractivity contribution < 1.29 is 29.3 Å². The van der Waals surface area contributed by atoms with Crippen LogP contribution in [0.2, 0.25) is 0 Å². The lowest BCUT2D eigenvalue weighted by Gasteiger charge is -2.14. The molecule has 0 spiro atoms. The second-order valence-corrected chi connectivity index (χ2v) is 6.35. The molecular weight excluding hydrogens is 378 g/mol. The molecule has 0 aliphatic carbocycles. The summed E-state index contributed by atoms with van der Waals surface area (Å²) in [5, 5.41) is 22.5. The number of phenols is 1. The fourth-order valence-electron chi connectivity index (χ4n) is 2.47. The van der Waals surface area contributed by atoms with E-state index >= 15 is 0 Å². The van der Waals surface area contributed by atoms with Crippen molar-refractivity contribution in [3.8, 4) is 17.2 Å². The predicted molar refractivity (Wildman–Crippen MR) is 106 cm³/mol. The van der Waals surface area contributed by atoms with Crippen LogP contribution in [0, 0.1) is 0 Å². The number of nitrogens with two attached hydrogens (primary N) is 2. The Kier molecular flexibility index (Phi) is 8.26. The standard InChI is InChI=1S/C20H25N3O6/c21-19(26)9-13-1-3-15(4-2-13)29-12-14(24)11-23-7-8-28-16-5-6-18(25)17(10-16)20(22)27/h1-6,10,14,23-25H,7-9,11-12H2,(H2,21,26)(H2,22,27). The number of carbonyl (C=O) groups is 2. The third kappa shape index (κ3) is 7.68. The Balaban J connectivity index is 1.63. The van der Waals surface area contributed by atoms with Gasteiger partial charge in [0.1, 0.15) is 36.6 Å². The molecular formula is C20H25N3O6. The number of aliphatic hydroxyl groups excluding tert-OH is 1. The fraction of sp³-hybridized carbons (Fsp3) is 0.300. The topological polar surface area (TPSA) is 157 Å². The van der Waals surface area contributed by atoms with Crippen molar-refractivity contribution in [3.05, 3.63) is 53.6 Å². The lowest BCUT2D eigenvalue weighted by Crippen LogP contribution is -2.33. The molecule has 29 heavy (non-hydrogen) atoms. The summed E-state index contributed by atoms with van der Waals surface area (Å²) < 4.78 is 11.0. The largest absolute Gasteiger partial charge is 0.507 e. The van der Waals surface area contributed by atoms with E-state index in [1.54, 1.807) is 24.3 Å². The van der Waals surface area contributed by atoms with E-state index in [0.717, 1.165) is 5.56 Å². The third-order valence-electron chi connectivity index (χ3n) is 3.91. The summed E-state index contributed by atoms with van der Waals surface area (Å²) in [5.41, 5.74) is 11.1. The Labute approximate surface area is 168 Å². The van der Waals surface area contributed by atoms with E-state index in [1.807, 2.05) is 0 Å². The van der Waals surface area contributed by atoms with Gasteiger partial charge in [-0.15, -0.1) is 0 Å². The van der Waals surface area contributed by atoms with Crippen LogP contribution in [0.5, 0.6) is 17.2 Å². The Morgan fingerprint density at radius 2 is 1.72 bits per heavy atom. The quantitative estimate of drug-likeness (QED) is 0.310. The van der Waals surface area contributed by atoms with Gasteiger partial charge in [0.05, 0.1) is 12.0 Å². The van der Waals surface area contributed by atoms with Gasteiger partial charge in [-0.2, -0.15) is 0 Å². The van der Waals surface area contributed by atoms with Crippen molar-refractivity contribution in [2.45, 2.75) is 12.5 Å². The summed E-state index contributed by atoms with van der Waals surface area (Å²) in [5.74, 6) is -0.353. The van der Waals surface area contributed by atoms with Crippen molar-refractivity contribution in [3.63, 3.8) is 0 Å². The molecule has 0 saturated heterocycles. The van der Waals surface area contributed by atoms with Crippen molar-refractivity contribution in [2.24, 2.45) is 11.5 Å². The predicted octanol–water partition coefficient (Wildman–Crippen LogP) is -0.0728. The first-order valence-corrected chi connectivity index (χ1v) is 8.99. The van der Waals surface area contributed by atoms with Crippen LogP contribution in [0.25, 0.3) is 0 Å².